The highest BCUT2D eigenvalue weighted by atomic mass is 19.4. The summed E-state index contributed by atoms with van der Waals surface area (Å²) < 4.78 is 52.5. The second-order valence-corrected chi connectivity index (χ2v) is 5.42. The number of alkyl halides is 4. The van der Waals surface area contributed by atoms with Gasteiger partial charge < -0.3 is 5.73 Å². The molecule has 1 aliphatic carbocycles. The molecule has 0 unspecified atom stereocenters. The number of pyridine rings is 1. The van der Waals surface area contributed by atoms with Gasteiger partial charge in [-0.25, -0.2) is 14.4 Å². The Kier molecular flexibility index (Phi) is 4.01. The molecule has 4 nitrogen and oxygen atoms in total. The molecule has 1 fully saturated rings. The average molecular weight is 326 g/mol. The fourth-order valence-electron chi connectivity index (χ4n) is 2.46. The van der Waals surface area contributed by atoms with Gasteiger partial charge in [0.2, 0.25) is 0 Å². The van der Waals surface area contributed by atoms with Crippen molar-refractivity contribution in [1.29, 1.82) is 0 Å². The molecule has 3 rings (SSSR count). The Hall–Kier alpha value is -2.09. The maximum atomic E-state index is 13.4. The molecule has 1 saturated carbocycles. The number of halogens is 4. The zero-order valence-electron chi connectivity index (χ0n) is 12.1. The molecule has 0 radical (unpaired) electrons. The highest BCUT2D eigenvalue weighted by molar-refractivity contribution is 5.60. The molecule has 0 aliphatic heterocycles. The fourth-order valence-corrected chi connectivity index (χ4v) is 2.46. The number of hydrogen-bond acceptors (Lipinski definition) is 4. The smallest absolute Gasteiger partial charge is 0.326 e. The van der Waals surface area contributed by atoms with Crippen LogP contribution in [0.1, 0.15) is 41.4 Å². The van der Waals surface area contributed by atoms with Crippen LogP contribution < -0.4 is 5.73 Å². The van der Waals surface area contributed by atoms with Crippen LogP contribution in [-0.4, -0.2) is 15.0 Å². The Bertz CT molecular complexity index is 709. The van der Waals surface area contributed by atoms with Gasteiger partial charge >= 0.3 is 6.18 Å². The first-order valence-corrected chi connectivity index (χ1v) is 7.12. The van der Waals surface area contributed by atoms with Crippen molar-refractivity contribution in [2.24, 2.45) is 5.73 Å². The van der Waals surface area contributed by atoms with Gasteiger partial charge in [-0.1, -0.05) is 0 Å². The summed E-state index contributed by atoms with van der Waals surface area (Å²) in [6.07, 6.45) is -0.419. The fraction of sp³-hybridized carbons (Fsp3) is 0.400. The Morgan fingerprint density at radius 3 is 2.30 bits per heavy atom. The summed E-state index contributed by atoms with van der Waals surface area (Å²) in [6, 6.07) is 1.31. The monoisotopic (exact) mass is 326 g/mol. The van der Waals surface area contributed by atoms with Gasteiger partial charge in [0, 0.05) is 30.4 Å². The van der Waals surface area contributed by atoms with Gasteiger partial charge in [0.25, 0.3) is 0 Å². The highest BCUT2D eigenvalue weighted by Gasteiger charge is 2.41. The number of nitrogens with zero attached hydrogens (tertiary/aromatic N) is 3. The summed E-state index contributed by atoms with van der Waals surface area (Å²) >= 11 is 0. The van der Waals surface area contributed by atoms with Crippen LogP contribution in [-0.2, 0) is 19.4 Å². The third-order valence-corrected chi connectivity index (χ3v) is 3.72. The second-order valence-electron chi connectivity index (χ2n) is 5.42. The van der Waals surface area contributed by atoms with E-state index in [1.807, 2.05) is 0 Å². The molecule has 122 valence electrons. The zero-order valence-corrected chi connectivity index (χ0v) is 12.1. The van der Waals surface area contributed by atoms with E-state index >= 15 is 0 Å². The average Bonchev–Trinajstić information content (AvgIpc) is 3.37. The van der Waals surface area contributed by atoms with Gasteiger partial charge in [-0.05, 0) is 24.5 Å². The Morgan fingerprint density at radius 2 is 1.83 bits per heavy atom. The topological polar surface area (TPSA) is 64.7 Å². The third-order valence-electron chi connectivity index (χ3n) is 3.72. The molecule has 0 amide bonds. The lowest BCUT2D eigenvalue weighted by Gasteiger charge is -2.17. The van der Waals surface area contributed by atoms with Gasteiger partial charge in [0.15, 0.2) is 5.82 Å². The molecular weight excluding hydrogens is 312 g/mol. The first kappa shape index (κ1) is 15.8. The molecule has 0 saturated heterocycles. The summed E-state index contributed by atoms with van der Waals surface area (Å²) in [4.78, 5) is 11.8. The van der Waals surface area contributed by atoms with Crippen LogP contribution in [0.4, 0.5) is 17.6 Å². The summed E-state index contributed by atoms with van der Waals surface area (Å²) in [5, 5.41) is 0. The van der Waals surface area contributed by atoms with Crippen LogP contribution >= 0.6 is 0 Å². The largest absolute Gasteiger partial charge is 0.418 e. The van der Waals surface area contributed by atoms with Crippen molar-refractivity contribution in [2.75, 3.05) is 0 Å². The van der Waals surface area contributed by atoms with E-state index in [0.717, 1.165) is 0 Å². The first-order chi connectivity index (χ1) is 10.9. The van der Waals surface area contributed by atoms with E-state index in [0.29, 0.717) is 24.1 Å². The minimum atomic E-state index is -4.49. The summed E-state index contributed by atoms with van der Waals surface area (Å²) in [5.74, 6) is -0.176. The van der Waals surface area contributed by atoms with Crippen molar-refractivity contribution in [3.05, 3.63) is 41.1 Å². The molecule has 8 heteroatoms. The molecule has 0 bridgehead atoms. The van der Waals surface area contributed by atoms with Crippen molar-refractivity contribution < 1.29 is 17.6 Å². The van der Waals surface area contributed by atoms with Crippen molar-refractivity contribution >= 4 is 0 Å². The molecule has 0 spiro atoms. The number of nitrogens with two attached hydrogens (primary N) is 1. The van der Waals surface area contributed by atoms with E-state index in [9.17, 15) is 17.6 Å². The lowest BCUT2D eigenvalue weighted by Crippen LogP contribution is -2.17. The van der Waals surface area contributed by atoms with Crippen molar-refractivity contribution in [3.8, 4) is 11.3 Å². The number of rotatable bonds is 4. The van der Waals surface area contributed by atoms with Gasteiger partial charge in [0.1, 0.15) is 6.67 Å². The first-order valence-electron chi connectivity index (χ1n) is 7.12. The molecule has 2 heterocycles. The van der Waals surface area contributed by atoms with Gasteiger partial charge in [0.05, 0.1) is 17.0 Å². The van der Waals surface area contributed by atoms with E-state index in [4.69, 9.17) is 5.73 Å². The maximum Gasteiger partial charge on any atom is 0.418 e. The summed E-state index contributed by atoms with van der Waals surface area (Å²) in [7, 11) is 0. The quantitative estimate of drug-likeness (QED) is 0.875. The van der Waals surface area contributed by atoms with Gasteiger partial charge in [-0.3, -0.25) is 4.98 Å². The predicted molar refractivity (Wildman–Crippen MR) is 74.9 cm³/mol. The van der Waals surface area contributed by atoms with E-state index in [2.05, 4.69) is 15.0 Å². The zero-order chi connectivity index (χ0) is 16.6. The summed E-state index contributed by atoms with van der Waals surface area (Å²) in [6.45, 7) is -1.05. The van der Waals surface area contributed by atoms with Crippen molar-refractivity contribution in [1.82, 2.24) is 15.0 Å². The van der Waals surface area contributed by atoms with Crippen LogP contribution in [0.2, 0.25) is 0 Å². The number of hydrogen-bond donors (Lipinski definition) is 1. The van der Waals surface area contributed by atoms with Gasteiger partial charge in [-0.15, -0.1) is 0 Å². The van der Waals surface area contributed by atoms with Crippen molar-refractivity contribution in [2.45, 2.75) is 38.2 Å². The van der Waals surface area contributed by atoms with E-state index in [-0.39, 0.29) is 29.5 Å². The van der Waals surface area contributed by atoms with Crippen LogP contribution in [0, 0.1) is 0 Å². The lowest BCUT2D eigenvalue weighted by molar-refractivity contribution is -0.139. The molecular formula is C15H14F4N4. The third kappa shape index (κ3) is 3.17. The lowest BCUT2D eigenvalue weighted by atomic mass is 10.00. The second kappa shape index (κ2) is 5.84. The van der Waals surface area contributed by atoms with Crippen LogP contribution in [0.25, 0.3) is 11.3 Å². The number of aromatic nitrogens is 3. The predicted octanol–water partition coefficient (Wildman–Crippen LogP) is 3.36. The molecule has 1 aliphatic rings. The molecule has 2 aromatic heterocycles. The van der Waals surface area contributed by atoms with Crippen molar-refractivity contribution in [3.63, 3.8) is 0 Å². The standard InChI is InChI=1S/C15H14F4N4/c16-4-12-21-6-10(7-22-12)11-3-9(5-20)13(15(17,18)19)14(23-11)8-1-2-8/h3,6-8H,1-2,4-5,20H2. The van der Waals surface area contributed by atoms with Crippen LogP contribution in [0.3, 0.4) is 0 Å². The summed E-state index contributed by atoms with van der Waals surface area (Å²) in [5.41, 5.74) is 5.59. The Labute approximate surface area is 129 Å². The Morgan fingerprint density at radius 1 is 1.17 bits per heavy atom. The molecule has 23 heavy (non-hydrogen) atoms. The molecule has 2 N–H and O–H groups in total. The van der Waals surface area contributed by atoms with E-state index in [1.165, 1.54) is 18.5 Å². The van der Waals surface area contributed by atoms with E-state index < -0.39 is 18.4 Å². The molecule has 0 aromatic carbocycles. The Balaban J connectivity index is 2.13. The SMILES string of the molecule is NCc1cc(-c2cnc(CF)nc2)nc(C2CC2)c1C(F)(F)F. The minimum Gasteiger partial charge on any atom is -0.326 e. The van der Waals surface area contributed by atoms with Crippen LogP contribution in [0.15, 0.2) is 18.5 Å². The van der Waals surface area contributed by atoms with Gasteiger partial charge in [-0.2, -0.15) is 13.2 Å². The molecule has 0 atom stereocenters. The maximum absolute atomic E-state index is 13.4. The highest BCUT2D eigenvalue weighted by Crippen LogP contribution is 2.46. The van der Waals surface area contributed by atoms with E-state index in [1.54, 1.807) is 0 Å². The minimum absolute atomic E-state index is 0.000956. The molecule has 2 aromatic rings. The van der Waals surface area contributed by atoms with Crippen LogP contribution in [0.5, 0.6) is 0 Å². The normalized spacial score (nSPS) is 15.0.